The number of nitrogens with two attached hydrogens (primary N) is 1. The Kier molecular flexibility index (Phi) is 2.95. The number of nitrogen functional groups attached to an aromatic ring is 1. The van der Waals surface area contributed by atoms with Crippen molar-refractivity contribution in [2.75, 3.05) is 5.73 Å². The predicted octanol–water partition coefficient (Wildman–Crippen LogP) is 1.94. The van der Waals surface area contributed by atoms with Crippen LogP contribution in [0.25, 0.3) is 28.1 Å². The normalized spacial score (nSPS) is 11.0. The van der Waals surface area contributed by atoms with Gasteiger partial charge >= 0.3 is 0 Å². The number of hydrogen-bond acceptors (Lipinski definition) is 8. The molecule has 0 aliphatic heterocycles. The summed E-state index contributed by atoms with van der Waals surface area (Å²) in [6.45, 7) is 0. The Morgan fingerprint density at radius 3 is 2.62 bits per heavy atom. The van der Waals surface area contributed by atoms with Gasteiger partial charge in [0.2, 0.25) is 12.3 Å². The smallest absolute Gasteiger partial charge is 0.269 e. The third-order valence-corrected chi connectivity index (χ3v) is 3.57. The molecule has 24 heavy (non-hydrogen) atoms. The first kappa shape index (κ1) is 13.8. The Bertz CT molecular complexity index is 1040. The van der Waals surface area contributed by atoms with Crippen molar-refractivity contribution in [2.24, 2.45) is 0 Å². The van der Waals surface area contributed by atoms with Crippen LogP contribution in [0.2, 0.25) is 0 Å². The molecule has 0 saturated heterocycles. The van der Waals surface area contributed by atoms with Crippen molar-refractivity contribution in [1.29, 1.82) is 0 Å². The number of fused-ring (bicyclic) bond motifs is 1. The Hall–Kier alpha value is -3.82. The fraction of sp³-hybridized carbons (Fsp3) is 0. The summed E-state index contributed by atoms with van der Waals surface area (Å²) in [7, 11) is 0. The highest BCUT2D eigenvalue weighted by molar-refractivity contribution is 5.97. The highest BCUT2D eigenvalue weighted by Crippen LogP contribution is 2.38. The number of nitro benzene ring substituents is 1. The Balaban J connectivity index is 2.02. The van der Waals surface area contributed by atoms with Crippen LogP contribution in [0.5, 0.6) is 0 Å². The zero-order chi connectivity index (χ0) is 16.7. The summed E-state index contributed by atoms with van der Waals surface area (Å²) in [6, 6.07) is 6.10. The van der Waals surface area contributed by atoms with Gasteiger partial charge in [0.25, 0.3) is 5.69 Å². The molecule has 3 aromatic heterocycles. The summed E-state index contributed by atoms with van der Waals surface area (Å²) in [6.07, 6.45) is 4.46. The molecular weight excluding hydrogens is 314 g/mol. The van der Waals surface area contributed by atoms with Gasteiger partial charge in [-0.15, -0.1) is 20.4 Å². The summed E-state index contributed by atoms with van der Waals surface area (Å²) < 4.78 is 6.98. The van der Waals surface area contributed by atoms with Crippen molar-refractivity contribution in [3.63, 3.8) is 0 Å². The van der Waals surface area contributed by atoms with Crippen LogP contribution in [0.4, 0.5) is 11.5 Å². The number of anilines is 1. The largest absolute Gasteiger partial charge is 0.423 e. The van der Waals surface area contributed by atoms with E-state index in [1.807, 2.05) is 0 Å². The molecule has 10 heteroatoms. The van der Waals surface area contributed by atoms with Crippen molar-refractivity contribution >= 4 is 17.0 Å². The summed E-state index contributed by atoms with van der Waals surface area (Å²) in [5.41, 5.74) is 8.58. The minimum Gasteiger partial charge on any atom is -0.423 e. The molecule has 4 rings (SSSR count). The van der Waals surface area contributed by atoms with Crippen LogP contribution >= 0.6 is 0 Å². The van der Waals surface area contributed by atoms with Crippen molar-refractivity contribution in [3.8, 4) is 22.6 Å². The minimum absolute atomic E-state index is 0.00521. The van der Waals surface area contributed by atoms with E-state index >= 15 is 0 Å². The molecular formula is C14H9N7O3. The van der Waals surface area contributed by atoms with Gasteiger partial charge in [0, 0.05) is 23.9 Å². The van der Waals surface area contributed by atoms with E-state index in [4.69, 9.17) is 10.2 Å². The van der Waals surface area contributed by atoms with Gasteiger partial charge in [-0.3, -0.25) is 10.1 Å². The van der Waals surface area contributed by atoms with Gasteiger partial charge in [0.1, 0.15) is 6.33 Å². The molecule has 1 aromatic carbocycles. The first-order chi connectivity index (χ1) is 11.6. The molecule has 0 spiro atoms. The Labute approximate surface area is 133 Å². The molecule has 0 aliphatic carbocycles. The van der Waals surface area contributed by atoms with Gasteiger partial charge in [-0.25, -0.2) is 0 Å². The number of benzene rings is 1. The summed E-state index contributed by atoms with van der Waals surface area (Å²) in [5.74, 6) is 0.517. The topological polar surface area (TPSA) is 138 Å². The highest BCUT2D eigenvalue weighted by atomic mass is 16.6. The van der Waals surface area contributed by atoms with Crippen molar-refractivity contribution in [1.82, 2.24) is 24.8 Å². The maximum absolute atomic E-state index is 10.8. The van der Waals surface area contributed by atoms with Gasteiger partial charge < -0.3 is 14.6 Å². The first-order valence-corrected chi connectivity index (χ1v) is 6.78. The van der Waals surface area contributed by atoms with Crippen molar-refractivity contribution in [3.05, 3.63) is 53.3 Å². The Morgan fingerprint density at radius 1 is 1.17 bits per heavy atom. The third-order valence-electron chi connectivity index (χ3n) is 3.57. The summed E-state index contributed by atoms with van der Waals surface area (Å²) in [5, 5.41) is 26.1. The van der Waals surface area contributed by atoms with Crippen molar-refractivity contribution in [2.45, 2.75) is 0 Å². The van der Waals surface area contributed by atoms with Crippen LogP contribution in [0.1, 0.15) is 0 Å². The van der Waals surface area contributed by atoms with Gasteiger partial charge in [0.05, 0.1) is 16.0 Å². The van der Waals surface area contributed by atoms with E-state index in [9.17, 15) is 10.1 Å². The Morgan fingerprint density at radius 2 is 1.96 bits per heavy atom. The minimum atomic E-state index is -0.458. The molecule has 0 amide bonds. The van der Waals surface area contributed by atoms with Crippen LogP contribution < -0.4 is 5.73 Å². The standard InChI is InChI=1S/C14H9N7O3/c15-13-12-11(8-1-3-9(4-2-8)21(22)23)10(14-19-17-7-24-14)5-20(12)6-16-18-13/h1-7H,(H2,15,18). The molecule has 0 atom stereocenters. The molecule has 0 fully saturated rings. The van der Waals surface area contributed by atoms with Crippen LogP contribution in [0.15, 0.2) is 47.6 Å². The van der Waals surface area contributed by atoms with E-state index in [0.29, 0.717) is 28.1 Å². The van der Waals surface area contributed by atoms with Crippen LogP contribution in [-0.2, 0) is 0 Å². The number of aromatic nitrogens is 5. The highest BCUT2D eigenvalue weighted by Gasteiger charge is 2.21. The van der Waals surface area contributed by atoms with E-state index in [1.165, 1.54) is 24.9 Å². The number of non-ortho nitro benzene ring substituents is 1. The maximum atomic E-state index is 10.8. The van der Waals surface area contributed by atoms with E-state index < -0.39 is 4.92 Å². The van der Waals surface area contributed by atoms with Gasteiger partial charge in [-0.05, 0) is 17.7 Å². The zero-order valence-electron chi connectivity index (χ0n) is 12.0. The summed E-state index contributed by atoms with van der Waals surface area (Å²) >= 11 is 0. The molecule has 10 nitrogen and oxygen atoms in total. The summed E-state index contributed by atoms with van der Waals surface area (Å²) in [4.78, 5) is 10.4. The molecule has 4 aromatic rings. The first-order valence-electron chi connectivity index (χ1n) is 6.78. The number of rotatable bonds is 3. The molecule has 3 heterocycles. The second-order valence-corrected chi connectivity index (χ2v) is 4.94. The lowest BCUT2D eigenvalue weighted by atomic mass is 10.0. The quantitative estimate of drug-likeness (QED) is 0.445. The maximum Gasteiger partial charge on any atom is 0.269 e. The fourth-order valence-corrected chi connectivity index (χ4v) is 2.56. The number of hydrogen-bond donors (Lipinski definition) is 1. The lowest BCUT2D eigenvalue weighted by Crippen LogP contribution is -1.98. The average molecular weight is 323 g/mol. The van der Waals surface area contributed by atoms with Crippen LogP contribution in [-0.4, -0.2) is 29.7 Å². The fourth-order valence-electron chi connectivity index (χ4n) is 2.56. The second kappa shape index (κ2) is 5.12. The molecule has 118 valence electrons. The van der Waals surface area contributed by atoms with Gasteiger partial charge in [-0.1, -0.05) is 0 Å². The number of nitrogens with zero attached hydrogens (tertiary/aromatic N) is 6. The van der Waals surface area contributed by atoms with E-state index in [-0.39, 0.29) is 11.5 Å². The van der Waals surface area contributed by atoms with E-state index in [1.54, 1.807) is 22.7 Å². The monoisotopic (exact) mass is 323 g/mol. The molecule has 0 unspecified atom stereocenters. The SMILES string of the molecule is Nc1nncn2cc(-c3nnco3)c(-c3ccc([N+](=O)[O-])cc3)c12. The molecule has 0 bridgehead atoms. The van der Waals surface area contributed by atoms with E-state index in [2.05, 4.69) is 20.4 Å². The van der Waals surface area contributed by atoms with Crippen LogP contribution in [0.3, 0.4) is 0 Å². The average Bonchev–Trinajstić information content (AvgIpc) is 3.22. The van der Waals surface area contributed by atoms with Gasteiger partial charge in [-0.2, -0.15) is 0 Å². The molecule has 0 aliphatic rings. The lowest BCUT2D eigenvalue weighted by Gasteiger charge is -2.04. The zero-order valence-corrected chi connectivity index (χ0v) is 12.0. The van der Waals surface area contributed by atoms with Crippen LogP contribution in [0, 0.1) is 10.1 Å². The van der Waals surface area contributed by atoms with Crippen molar-refractivity contribution < 1.29 is 9.34 Å². The lowest BCUT2D eigenvalue weighted by molar-refractivity contribution is -0.384. The van der Waals surface area contributed by atoms with Gasteiger partial charge in [0.15, 0.2) is 5.82 Å². The molecule has 2 N–H and O–H groups in total. The molecule has 0 radical (unpaired) electrons. The van der Waals surface area contributed by atoms with E-state index in [0.717, 1.165) is 0 Å². The predicted molar refractivity (Wildman–Crippen MR) is 82.8 cm³/mol. The molecule has 0 saturated carbocycles. The third kappa shape index (κ3) is 2.05. The second-order valence-electron chi connectivity index (χ2n) is 4.94. The number of nitro groups is 1.